The van der Waals surface area contributed by atoms with Crippen LogP contribution in [0.25, 0.3) is 0 Å². The highest BCUT2D eigenvalue weighted by Crippen LogP contribution is 2.17. The van der Waals surface area contributed by atoms with Crippen molar-refractivity contribution in [3.05, 3.63) is 29.8 Å². The summed E-state index contributed by atoms with van der Waals surface area (Å²) in [5, 5.41) is 8.89. The maximum atomic E-state index is 11.0. The fraction of sp³-hybridized carbons (Fsp3) is 0.333. The van der Waals surface area contributed by atoms with Crippen LogP contribution in [0.5, 0.6) is 5.75 Å². The van der Waals surface area contributed by atoms with Crippen molar-refractivity contribution in [1.82, 2.24) is 0 Å². The van der Waals surface area contributed by atoms with Crippen LogP contribution in [0.1, 0.15) is 23.7 Å². The van der Waals surface area contributed by atoms with Crippen LogP contribution in [0.3, 0.4) is 0 Å². The van der Waals surface area contributed by atoms with Gasteiger partial charge in [-0.25, -0.2) is 4.79 Å². The molecule has 0 atom stereocenters. The third-order valence-electron chi connectivity index (χ3n) is 1.99. The molecule has 1 aromatic carbocycles. The van der Waals surface area contributed by atoms with E-state index in [9.17, 15) is 9.59 Å². The van der Waals surface area contributed by atoms with Gasteiger partial charge in [0.25, 0.3) is 0 Å². The van der Waals surface area contributed by atoms with Gasteiger partial charge in [-0.05, 0) is 19.1 Å². The van der Waals surface area contributed by atoms with E-state index in [0.717, 1.165) is 0 Å². The summed E-state index contributed by atoms with van der Waals surface area (Å²) in [5.41, 5.74) is 0.0800. The lowest BCUT2D eigenvalue weighted by molar-refractivity contribution is -0.143. The summed E-state index contributed by atoms with van der Waals surface area (Å²) in [6, 6.07) is 6.28. The summed E-state index contributed by atoms with van der Waals surface area (Å²) in [4.78, 5) is 21.9. The van der Waals surface area contributed by atoms with Gasteiger partial charge < -0.3 is 14.6 Å². The summed E-state index contributed by atoms with van der Waals surface area (Å²) in [5.74, 6) is -1.17. The topological polar surface area (TPSA) is 72.8 Å². The molecule has 0 bridgehead atoms. The Labute approximate surface area is 99.0 Å². The first-order valence-corrected chi connectivity index (χ1v) is 5.26. The molecule has 0 amide bonds. The second-order valence-corrected chi connectivity index (χ2v) is 3.20. The average Bonchev–Trinajstić information content (AvgIpc) is 2.30. The van der Waals surface area contributed by atoms with E-state index in [-0.39, 0.29) is 30.3 Å². The summed E-state index contributed by atoms with van der Waals surface area (Å²) >= 11 is 0. The molecule has 0 aliphatic heterocycles. The number of ether oxygens (including phenoxy) is 2. The second-order valence-electron chi connectivity index (χ2n) is 3.20. The molecule has 1 rings (SSSR count). The van der Waals surface area contributed by atoms with Gasteiger partial charge in [0.05, 0.1) is 19.6 Å². The quantitative estimate of drug-likeness (QED) is 0.764. The predicted octanol–water partition coefficient (Wildman–Crippen LogP) is 1.72. The molecule has 0 spiro atoms. The zero-order valence-corrected chi connectivity index (χ0v) is 9.51. The zero-order chi connectivity index (χ0) is 12.7. The molecule has 0 saturated heterocycles. The molecule has 0 aliphatic rings. The van der Waals surface area contributed by atoms with Gasteiger partial charge in [-0.3, -0.25) is 4.79 Å². The number of para-hydroxylation sites is 1. The molecule has 0 aromatic heterocycles. The van der Waals surface area contributed by atoms with Crippen LogP contribution in [0.15, 0.2) is 24.3 Å². The Bertz CT molecular complexity index is 400. The molecular formula is C12H14O5. The number of aromatic carboxylic acids is 1. The van der Waals surface area contributed by atoms with Gasteiger partial charge >= 0.3 is 11.9 Å². The summed E-state index contributed by atoms with van der Waals surface area (Å²) in [6.45, 7) is 2.14. The highest BCUT2D eigenvalue weighted by atomic mass is 16.5. The molecule has 0 unspecified atom stereocenters. The van der Waals surface area contributed by atoms with E-state index in [1.54, 1.807) is 25.1 Å². The van der Waals surface area contributed by atoms with Gasteiger partial charge in [0.15, 0.2) is 0 Å². The molecular weight excluding hydrogens is 224 g/mol. The van der Waals surface area contributed by atoms with E-state index in [0.29, 0.717) is 6.61 Å². The molecule has 1 N–H and O–H groups in total. The van der Waals surface area contributed by atoms with Gasteiger partial charge in [-0.15, -0.1) is 0 Å². The van der Waals surface area contributed by atoms with Crippen molar-refractivity contribution in [1.29, 1.82) is 0 Å². The molecule has 5 heteroatoms. The Hall–Kier alpha value is -2.04. The Balaban J connectivity index is 2.52. The Morgan fingerprint density at radius 1 is 1.29 bits per heavy atom. The standard InChI is InChI=1S/C12H14O5/c1-2-16-11(13)7-8-17-10-6-4-3-5-9(10)12(14)15/h3-6H,2,7-8H2,1H3,(H,14,15). The molecule has 0 fully saturated rings. The maximum absolute atomic E-state index is 11.0. The van der Waals surface area contributed by atoms with Crippen molar-refractivity contribution in [2.45, 2.75) is 13.3 Å². The van der Waals surface area contributed by atoms with Crippen LogP contribution in [-0.4, -0.2) is 30.3 Å². The highest BCUT2D eigenvalue weighted by Gasteiger charge is 2.10. The lowest BCUT2D eigenvalue weighted by Gasteiger charge is -2.08. The number of carboxylic acids is 1. The first-order chi connectivity index (χ1) is 8.15. The van der Waals surface area contributed by atoms with Gasteiger partial charge in [-0.2, -0.15) is 0 Å². The number of hydrogen-bond acceptors (Lipinski definition) is 4. The number of esters is 1. The fourth-order valence-corrected chi connectivity index (χ4v) is 1.25. The van der Waals surface area contributed by atoms with Gasteiger partial charge in [0, 0.05) is 0 Å². The second kappa shape index (κ2) is 6.52. The molecule has 0 heterocycles. The lowest BCUT2D eigenvalue weighted by Crippen LogP contribution is -2.11. The molecule has 0 aliphatic carbocycles. The van der Waals surface area contributed by atoms with Crippen molar-refractivity contribution in [2.24, 2.45) is 0 Å². The minimum absolute atomic E-state index is 0.0800. The number of carbonyl (C=O) groups excluding carboxylic acids is 1. The highest BCUT2D eigenvalue weighted by molar-refractivity contribution is 5.90. The van der Waals surface area contributed by atoms with Crippen LogP contribution in [0, 0.1) is 0 Å². The van der Waals surface area contributed by atoms with E-state index < -0.39 is 5.97 Å². The Kier molecular flexibility index (Phi) is 5.00. The Morgan fingerprint density at radius 3 is 2.65 bits per heavy atom. The van der Waals surface area contributed by atoms with Gasteiger partial charge in [-0.1, -0.05) is 12.1 Å². The number of carboxylic acid groups (broad SMARTS) is 1. The van der Waals surface area contributed by atoms with Crippen molar-refractivity contribution < 1.29 is 24.2 Å². The number of benzene rings is 1. The summed E-state index contributed by atoms with van der Waals surface area (Å²) < 4.78 is 9.96. The van der Waals surface area contributed by atoms with Gasteiger partial charge in [0.1, 0.15) is 11.3 Å². The summed E-state index contributed by atoms with van der Waals surface area (Å²) in [7, 11) is 0. The first-order valence-electron chi connectivity index (χ1n) is 5.26. The third kappa shape index (κ3) is 4.14. The molecule has 17 heavy (non-hydrogen) atoms. The maximum Gasteiger partial charge on any atom is 0.339 e. The van der Waals surface area contributed by atoms with Crippen molar-refractivity contribution >= 4 is 11.9 Å². The minimum atomic E-state index is -1.06. The van der Waals surface area contributed by atoms with E-state index >= 15 is 0 Å². The third-order valence-corrected chi connectivity index (χ3v) is 1.99. The lowest BCUT2D eigenvalue weighted by atomic mass is 10.2. The SMILES string of the molecule is CCOC(=O)CCOc1ccccc1C(=O)O. The van der Waals surface area contributed by atoms with Crippen LogP contribution >= 0.6 is 0 Å². The monoisotopic (exact) mass is 238 g/mol. The average molecular weight is 238 g/mol. The van der Waals surface area contributed by atoms with Gasteiger partial charge in [0.2, 0.25) is 0 Å². The summed E-state index contributed by atoms with van der Waals surface area (Å²) in [6.07, 6.45) is 0.0990. The fourth-order valence-electron chi connectivity index (χ4n) is 1.25. The predicted molar refractivity (Wildman–Crippen MR) is 60.1 cm³/mol. The van der Waals surface area contributed by atoms with E-state index in [2.05, 4.69) is 0 Å². The first kappa shape index (κ1) is 13.0. The molecule has 0 saturated carbocycles. The smallest absolute Gasteiger partial charge is 0.339 e. The van der Waals surface area contributed by atoms with E-state index in [4.69, 9.17) is 14.6 Å². The van der Waals surface area contributed by atoms with Crippen LogP contribution in [0.2, 0.25) is 0 Å². The van der Waals surface area contributed by atoms with Crippen LogP contribution in [0.4, 0.5) is 0 Å². The van der Waals surface area contributed by atoms with E-state index in [1.165, 1.54) is 6.07 Å². The van der Waals surface area contributed by atoms with Crippen molar-refractivity contribution in [3.63, 3.8) is 0 Å². The van der Waals surface area contributed by atoms with Crippen LogP contribution in [-0.2, 0) is 9.53 Å². The number of rotatable bonds is 6. The van der Waals surface area contributed by atoms with Crippen molar-refractivity contribution in [3.8, 4) is 5.75 Å². The molecule has 5 nitrogen and oxygen atoms in total. The molecule has 0 radical (unpaired) electrons. The minimum Gasteiger partial charge on any atom is -0.492 e. The largest absolute Gasteiger partial charge is 0.492 e. The number of carbonyl (C=O) groups is 2. The van der Waals surface area contributed by atoms with Crippen LogP contribution < -0.4 is 4.74 Å². The van der Waals surface area contributed by atoms with Crippen molar-refractivity contribution in [2.75, 3.05) is 13.2 Å². The molecule has 92 valence electrons. The number of hydrogen-bond donors (Lipinski definition) is 1. The van der Waals surface area contributed by atoms with E-state index in [1.807, 2.05) is 0 Å². The zero-order valence-electron chi connectivity index (χ0n) is 9.51. The normalized spacial score (nSPS) is 9.71. The molecule has 1 aromatic rings. The Morgan fingerprint density at radius 2 is 2.00 bits per heavy atom.